The molecule has 4 nitrogen and oxygen atoms in total. The molecule has 0 bridgehead atoms. The van der Waals surface area contributed by atoms with E-state index in [1.807, 2.05) is 4.90 Å². The second-order valence-corrected chi connectivity index (χ2v) is 4.70. The first kappa shape index (κ1) is 14.5. The molecule has 0 spiro atoms. The Bertz CT molecular complexity index is 223. The molecule has 4 heteroatoms. The molecule has 1 saturated heterocycles. The molecule has 1 rings (SSSR count). The molecule has 0 aromatic rings. The van der Waals surface area contributed by atoms with Gasteiger partial charge in [0.25, 0.3) is 0 Å². The van der Waals surface area contributed by atoms with E-state index >= 15 is 0 Å². The SMILES string of the molecule is CCC(CC)N(CCN)C(=O)C1CCCOC1. The van der Waals surface area contributed by atoms with Gasteiger partial charge in [0.15, 0.2) is 0 Å². The van der Waals surface area contributed by atoms with Gasteiger partial charge in [-0.1, -0.05) is 13.8 Å². The summed E-state index contributed by atoms with van der Waals surface area (Å²) in [5, 5.41) is 0. The Labute approximate surface area is 104 Å². The number of nitrogens with zero attached hydrogens (tertiary/aromatic N) is 1. The van der Waals surface area contributed by atoms with E-state index in [4.69, 9.17) is 10.5 Å². The van der Waals surface area contributed by atoms with Crippen LogP contribution in [-0.2, 0) is 9.53 Å². The lowest BCUT2D eigenvalue weighted by Gasteiger charge is -2.34. The summed E-state index contributed by atoms with van der Waals surface area (Å²) in [5.41, 5.74) is 5.62. The maximum atomic E-state index is 12.4. The average Bonchev–Trinajstić information content (AvgIpc) is 2.39. The van der Waals surface area contributed by atoms with Crippen molar-refractivity contribution in [3.63, 3.8) is 0 Å². The van der Waals surface area contributed by atoms with E-state index in [9.17, 15) is 4.79 Å². The van der Waals surface area contributed by atoms with Crippen LogP contribution in [0.5, 0.6) is 0 Å². The molecule has 0 radical (unpaired) electrons. The van der Waals surface area contributed by atoms with E-state index in [1.165, 1.54) is 0 Å². The lowest BCUT2D eigenvalue weighted by atomic mass is 9.98. The molecule has 1 amide bonds. The van der Waals surface area contributed by atoms with Gasteiger partial charge in [-0.25, -0.2) is 0 Å². The Hall–Kier alpha value is -0.610. The quantitative estimate of drug-likeness (QED) is 0.765. The van der Waals surface area contributed by atoms with Crippen molar-refractivity contribution in [1.29, 1.82) is 0 Å². The highest BCUT2D eigenvalue weighted by Crippen LogP contribution is 2.19. The predicted molar refractivity (Wildman–Crippen MR) is 68.7 cm³/mol. The van der Waals surface area contributed by atoms with Crippen molar-refractivity contribution in [2.24, 2.45) is 11.7 Å². The van der Waals surface area contributed by atoms with Crippen molar-refractivity contribution < 1.29 is 9.53 Å². The molecule has 1 atom stereocenters. The largest absolute Gasteiger partial charge is 0.381 e. The summed E-state index contributed by atoms with van der Waals surface area (Å²) in [6.07, 6.45) is 3.95. The third-order valence-corrected chi connectivity index (χ3v) is 3.55. The Kier molecular flexibility index (Phi) is 6.52. The van der Waals surface area contributed by atoms with Crippen LogP contribution < -0.4 is 5.73 Å². The normalized spacial score (nSPS) is 20.6. The number of nitrogens with two attached hydrogens (primary N) is 1. The van der Waals surface area contributed by atoms with Gasteiger partial charge in [0.1, 0.15) is 0 Å². The second kappa shape index (κ2) is 7.67. The monoisotopic (exact) mass is 242 g/mol. The Morgan fingerprint density at radius 3 is 2.65 bits per heavy atom. The molecule has 1 fully saturated rings. The molecule has 1 aliphatic heterocycles. The second-order valence-electron chi connectivity index (χ2n) is 4.70. The van der Waals surface area contributed by atoms with Gasteiger partial charge < -0.3 is 15.4 Å². The maximum Gasteiger partial charge on any atom is 0.228 e. The predicted octanol–water partition coefficient (Wildman–Crippen LogP) is 1.39. The van der Waals surface area contributed by atoms with Gasteiger partial charge in [-0.05, 0) is 25.7 Å². The molecule has 100 valence electrons. The first-order chi connectivity index (χ1) is 8.24. The Morgan fingerprint density at radius 2 is 2.18 bits per heavy atom. The third kappa shape index (κ3) is 3.96. The standard InChI is InChI=1S/C13H26N2O2/c1-3-12(4-2)15(8-7-14)13(16)11-6-5-9-17-10-11/h11-12H,3-10,14H2,1-2H3. The molecule has 1 unspecified atom stereocenters. The highest BCUT2D eigenvalue weighted by atomic mass is 16.5. The summed E-state index contributed by atoms with van der Waals surface area (Å²) in [5.74, 6) is 0.291. The van der Waals surface area contributed by atoms with E-state index in [2.05, 4.69) is 13.8 Å². The zero-order valence-electron chi connectivity index (χ0n) is 11.2. The van der Waals surface area contributed by atoms with Crippen molar-refractivity contribution in [3.05, 3.63) is 0 Å². The molecule has 0 saturated carbocycles. The molecular weight excluding hydrogens is 216 g/mol. The fourth-order valence-corrected chi connectivity index (χ4v) is 2.51. The number of rotatable bonds is 6. The van der Waals surface area contributed by atoms with Crippen LogP contribution in [0.2, 0.25) is 0 Å². The van der Waals surface area contributed by atoms with Gasteiger partial charge in [-0.3, -0.25) is 4.79 Å². The minimum atomic E-state index is 0.0518. The first-order valence-electron chi connectivity index (χ1n) is 6.82. The van der Waals surface area contributed by atoms with Crippen LogP contribution in [-0.4, -0.2) is 43.2 Å². The lowest BCUT2D eigenvalue weighted by Crippen LogP contribution is -2.47. The molecule has 1 aliphatic rings. The molecule has 0 aromatic carbocycles. The highest BCUT2D eigenvalue weighted by Gasteiger charge is 2.29. The summed E-state index contributed by atoms with van der Waals surface area (Å²) in [6.45, 7) is 6.84. The van der Waals surface area contributed by atoms with E-state index in [1.54, 1.807) is 0 Å². The maximum absolute atomic E-state index is 12.4. The summed E-state index contributed by atoms with van der Waals surface area (Å²) < 4.78 is 5.40. The summed E-state index contributed by atoms with van der Waals surface area (Å²) in [6, 6.07) is 0.327. The van der Waals surface area contributed by atoms with Gasteiger partial charge in [0, 0.05) is 25.7 Å². The van der Waals surface area contributed by atoms with Crippen molar-refractivity contribution in [2.75, 3.05) is 26.3 Å². The highest BCUT2D eigenvalue weighted by molar-refractivity contribution is 5.79. The van der Waals surface area contributed by atoms with Crippen LogP contribution in [0.25, 0.3) is 0 Å². The molecule has 0 aliphatic carbocycles. The van der Waals surface area contributed by atoms with Crippen molar-refractivity contribution in [1.82, 2.24) is 4.90 Å². The van der Waals surface area contributed by atoms with Crippen LogP contribution in [0.15, 0.2) is 0 Å². The number of hydrogen-bond acceptors (Lipinski definition) is 3. The smallest absolute Gasteiger partial charge is 0.228 e. The third-order valence-electron chi connectivity index (χ3n) is 3.55. The molecule has 0 aromatic heterocycles. The van der Waals surface area contributed by atoms with Gasteiger partial charge in [-0.2, -0.15) is 0 Å². The van der Waals surface area contributed by atoms with Crippen molar-refractivity contribution >= 4 is 5.91 Å². The lowest BCUT2D eigenvalue weighted by molar-refractivity contribution is -0.142. The Balaban J connectivity index is 2.63. The van der Waals surface area contributed by atoms with Gasteiger partial charge in [-0.15, -0.1) is 0 Å². The van der Waals surface area contributed by atoms with Crippen LogP contribution in [0.4, 0.5) is 0 Å². The van der Waals surface area contributed by atoms with Crippen LogP contribution in [0.3, 0.4) is 0 Å². The minimum absolute atomic E-state index is 0.0518. The molecule has 1 heterocycles. The topological polar surface area (TPSA) is 55.6 Å². The fraction of sp³-hybridized carbons (Fsp3) is 0.923. The first-order valence-corrected chi connectivity index (χ1v) is 6.82. The van der Waals surface area contributed by atoms with E-state index < -0.39 is 0 Å². The van der Waals surface area contributed by atoms with Crippen molar-refractivity contribution in [2.45, 2.75) is 45.6 Å². The number of ether oxygens (including phenoxy) is 1. The van der Waals surface area contributed by atoms with Gasteiger partial charge >= 0.3 is 0 Å². The van der Waals surface area contributed by atoms with E-state index in [-0.39, 0.29) is 11.8 Å². The number of amides is 1. The average molecular weight is 242 g/mol. The minimum Gasteiger partial charge on any atom is -0.381 e. The van der Waals surface area contributed by atoms with Gasteiger partial charge in [0.05, 0.1) is 12.5 Å². The molecule has 2 N–H and O–H groups in total. The van der Waals surface area contributed by atoms with Crippen LogP contribution in [0.1, 0.15) is 39.5 Å². The zero-order valence-corrected chi connectivity index (χ0v) is 11.2. The summed E-state index contributed by atoms with van der Waals surface area (Å²) >= 11 is 0. The number of carbonyl (C=O) groups is 1. The Morgan fingerprint density at radius 1 is 1.47 bits per heavy atom. The molecule has 17 heavy (non-hydrogen) atoms. The van der Waals surface area contributed by atoms with Crippen LogP contribution in [0, 0.1) is 5.92 Å². The zero-order chi connectivity index (χ0) is 12.7. The number of carbonyl (C=O) groups excluding carboxylic acids is 1. The van der Waals surface area contributed by atoms with E-state index in [0.717, 1.165) is 32.3 Å². The van der Waals surface area contributed by atoms with Crippen LogP contribution >= 0.6 is 0 Å². The van der Waals surface area contributed by atoms with E-state index in [0.29, 0.717) is 25.7 Å². The van der Waals surface area contributed by atoms with Crippen molar-refractivity contribution in [3.8, 4) is 0 Å². The number of hydrogen-bond donors (Lipinski definition) is 1. The molecular formula is C13H26N2O2. The summed E-state index contributed by atoms with van der Waals surface area (Å²) in [4.78, 5) is 14.4. The van der Waals surface area contributed by atoms with Gasteiger partial charge in [0.2, 0.25) is 5.91 Å². The fourth-order valence-electron chi connectivity index (χ4n) is 2.51. The summed E-state index contributed by atoms with van der Waals surface area (Å²) in [7, 11) is 0.